The van der Waals surface area contributed by atoms with E-state index in [4.69, 9.17) is 4.74 Å². The van der Waals surface area contributed by atoms with Crippen molar-refractivity contribution in [3.05, 3.63) is 41.7 Å². The van der Waals surface area contributed by atoms with E-state index in [1.54, 1.807) is 0 Å². The van der Waals surface area contributed by atoms with Crippen molar-refractivity contribution in [1.82, 2.24) is 0 Å². The Labute approximate surface area is 132 Å². The molecule has 1 N–H and O–H groups in total. The topological polar surface area (TPSA) is 78.5 Å². The lowest BCUT2D eigenvalue weighted by molar-refractivity contribution is -0.313. The van der Waals surface area contributed by atoms with Crippen LogP contribution in [0.1, 0.15) is 5.56 Å². The molecule has 2 heterocycles. The second kappa shape index (κ2) is 5.59. The van der Waals surface area contributed by atoms with Gasteiger partial charge in [-0.3, -0.25) is 4.79 Å². The quantitative estimate of drug-likeness (QED) is 0.658. The van der Waals surface area contributed by atoms with Crippen molar-refractivity contribution < 1.29 is 37.0 Å². The fourth-order valence-corrected chi connectivity index (χ4v) is 2.92. The zero-order chi connectivity index (χ0) is 17.6. The van der Waals surface area contributed by atoms with Crippen molar-refractivity contribution >= 4 is 17.6 Å². The minimum Gasteiger partial charge on any atom is -0.550 e. The number of alkyl halides is 3. The summed E-state index contributed by atoms with van der Waals surface area (Å²) < 4.78 is 57.0. The van der Waals surface area contributed by atoms with E-state index in [-0.39, 0.29) is 0 Å². The molecule has 0 unspecified atom stereocenters. The van der Waals surface area contributed by atoms with Gasteiger partial charge in [0.25, 0.3) is 0 Å². The van der Waals surface area contributed by atoms with E-state index in [9.17, 15) is 32.3 Å². The number of fused-ring (bicyclic) bond motifs is 2. The summed E-state index contributed by atoms with van der Waals surface area (Å²) in [5.74, 6) is -6.02. The lowest BCUT2D eigenvalue weighted by Crippen LogP contribution is -2.45. The van der Waals surface area contributed by atoms with Crippen LogP contribution in [0.25, 0.3) is 0 Å². The number of ether oxygens (including phenoxy) is 1. The minimum atomic E-state index is -4.71. The molecule has 1 fully saturated rings. The second-order valence-electron chi connectivity index (χ2n) is 5.50. The molecule has 1 saturated heterocycles. The lowest BCUT2D eigenvalue weighted by atomic mass is 9.82. The van der Waals surface area contributed by atoms with Crippen molar-refractivity contribution in [2.75, 3.05) is 5.32 Å². The van der Waals surface area contributed by atoms with Gasteiger partial charge in [-0.15, -0.1) is 0 Å². The van der Waals surface area contributed by atoms with Crippen LogP contribution in [0, 0.1) is 17.7 Å². The molecule has 1 amide bonds. The van der Waals surface area contributed by atoms with Crippen LogP contribution in [0.15, 0.2) is 30.4 Å². The molecule has 5 nitrogen and oxygen atoms in total. The van der Waals surface area contributed by atoms with Crippen LogP contribution in [0.5, 0.6) is 0 Å². The number of anilines is 1. The highest BCUT2D eigenvalue weighted by molar-refractivity contribution is 5.96. The SMILES string of the molecule is O=C(Nc1cc(C(F)(F)F)ccc1F)[C@@H]1[C@@H](C(=O)[O-])[C@H]2C=C[C@@H]1O2. The van der Waals surface area contributed by atoms with Gasteiger partial charge in [-0.1, -0.05) is 12.2 Å². The third-order valence-corrected chi connectivity index (χ3v) is 4.03. The third kappa shape index (κ3) is 2.75. The number of carboxylic acid groups (broad SMARTS) is 1. The van der Waals surface area contributed by atoms with Crippen molar-refractivity contribution in [1.29, 1.82) is 0 Å². The number of benzene rings is 1. The van der Waals surface area contributed by atoms with Gasteiger partial charge in [0.2, 0.25) is 5.91 Å². The molecule has 128 valence electrons. The van der Waals surface area contributed by atoms with E-state index in [1.165, 1.54) is 12.2 Å². The summed E-state index contributed by atoms with van der Waals surface area (Å²) in [6.07, 6.45) is -3.44. The molecule has 0 aromatic heterocycles. The normalized spacial score (nSPS) is 28.2. The van der Waals surface area contributed by atoms with Crippen molar-refractivity contribution in [2.45, 2.75) is 18.4 Å². The molecule has 2 aliphatic rings. The average molecular weight is 344 g/mol. The van der Waals surface area contributed by atoms with Crippen molar-refractivity contribution in [3.63, 3.8) is 0 Å². The highest BCUT2D eigenvalue weighted by atomic mass is 19.4. The van der Waals surface area contributed by atoms with Gasteiger partial charge < -0.3 is 20.0 Å². The zero-order valence-corrected chi connectivity index (χ0v) is 11.8. The molecule has 1 aromatic rings. The summed E-state index contributed by atoms with van der Waals surface area (Å²) in [5, 5.41) is 13.2. The highest BCUT2D eigenvalue weighted by Crippen LogP contribution is 2.40. The first-order chi connectivity index (χ1) is 11.2. The first kappa shape index (κ1) is 16.4. The minimum absolute atomic E-state index is 0.450. The average Bonchev–Trinajstić information content (AvgIpc) is 3.08. The van der Waals surface area contributed by atoms with Crippen LogP contribution in [0.4, 0.5) is 23.2 Å². The Morgan fingerprint density at radius 1 is 1.12 bits per heavy atom. The molecule has 0 radical (unpaired) electrons. The Morgan fingerprint density at radius 2 is 1.75 bits per heavy atom. The third-order valence-electron chi connectivity index (χ3n) is 4.03. The Kier molecular flexibility index (Phi) is 3.83. The van der Waals surface area contributed by atoms with Crippen LogP contribution >= 0.6 is 0 Å². The van der Waals surface area contributed by atoms with Crippen LogP contribution in [0.3, 0.4) is 0 Å². The van der Waals surface area contributed by atoms with E-state index < -0.39 is 59.2 Å². The van der Waals surface area contributed by atoms with E-state index in [0.29, 0.717) is 18.2 Å². The predicted molar refractivity (Wildman–Crippen MR) is 69.8 cm³/mol. The molecule has 3 rings (SSSR count). The first-order valence-corrected chi connectivity index (χ1v) is 6.91. The Bertz CT molecular complexity index is 731. The summed E-state index contributed by atoms with van der Waals surface area (Å²) >= 11 is 0. The van der Waals surface area contributed by atoms with E-state index in [0.717, 1.165) is 0 Å². The van der Waals surface area contributed by atoms with Crippen LogP contribution in [-0.2, 0) is 20.5 Å². The Morgan fingerprint density at radius 3 is 2.33 bits per heavy atom. The predicted octanol–water partition coefficient (Wildman–Crippen LogP) is 1.10. The number of rotatable bonds is 3. The maximum atomic E-state index is 13.7. The second-order valence-corrected chi connectivity index (χ2v) is 5.50. The highest BCUT2D eigenvalue weighted by Gasteiger charge is 2.50. The molecule has 24 heavy (non-hydrogen) atoms. The smallest absolute Gasteiger partial charge is 0.416 e. The Balaban J connectivity index is 1.85. The number of carbonyl (C=O) groups excluding carboxylic acids is 2. The van der Waals surface area contributed by atoms with E-state index >= 15 is 0 Å². The lowest BCUT2D eigenvalue weighted by Gasteiger charge is -2.25. The maximum absolute atomic E-state index is 13.7. The number of halogens is 4. The summed E-state index contributed by atoms with van der Waals surface area (Å²) in [7, 11) is 0. The summed E-state index contributed by atoms with van der Waals surface area (Å²) in [4.78, 5) is 23.5. The van der Waals surface area contributed by atoms with Crippen LogP contribution in [0.2, 0.25) is 0 Å². The van der Waals surface area contributed by atoms with Gasteiger partial charge in [0.05, 0.1) is 29.4 Å². The van der Waals surface area contributed by atoms with Gasteiger partial charge in [-0.05, 0) is 18.2 Å². The Hall–Kier alpha value is -2.42. The number of nitrogens with one attached hydrogen (secondary N) is 1. The molecule has 9 heteroatoms. The molecular weight excluding hydrogens is 334 g/mol. The van der Waals surface area contributed by atoms with Gasteiger partial charge in [-0.2, -0.15) is 13.2 Å². The molecular formula is C15H10F4NO4-. The number of carbonyl (C=O) groups is 2. The number of carboxylic acids is 1. The number of hydrogen-bond acceptors (Lipinski definition) is 4. The fourth-order valence-electron chi connectivity index (χ4n) is 2.92. The molecule has 2 bridgehead atoms. The molecule has 0 spiro atoms. The van der Waals surface area contributed by atoms with Gasteiger partial charge in [0.15, 0.2) is 0 Å². The number of hydrogen-bond donors (Lipinski definition) is 1. The monoisotopic (exact) mass is 344 g/mol. The largest absolute Gasteiger partial charge is 0.550 e. The van der Waals surface area contributed by atoms with Gasteiger partial charge in [-0.25, -0.2) is 4.39 Å². The fraction of sp³-hybridized carbons (Fsp3) is 0.333. The summed E-state index contributed by atoms with van der Waals surface area (Å²) in [6.45, 7) is 0. The van der Waals surface area contributed by atoms with Gasteiger partial charge in [0, 0.05) is 11.9 Å². The molecule has 4 atom stereocenters. The van der Waals surface area contributed by atoms with E-state index in [2.05, 4.69) is 0 Å². The maximum Gasteiger partial charge on any atom is 0.416 e. The zero-order valence-electron chi connectivity index (χ0n) is 11.8. The molecule has 1 aromatic carbocycles. The summed E-state index contributed by atoms with van der Waals surface area (Å²) in [5.41, 5.74) is -1.82. The van der Waals surface area contributed by atoms with Crippen molar-refractivity contribution in [3.8, 4) is 0 Å². The molecule has 0 saturated carbocycles. The number of amides is 1. The van der Waals surface area contributed by atoms with Crippen LogP contribution < -0.4 is 10.4 Å². The first-order valence-electron chi connectivity index (χ1n) is 6.91. The molecule has 0 aliphatic carbocycles. The van der Waals surface area contributed by atoms with E-state index in [1.807, 2.05) is 5.32 Å². The van der Waals surface area contributed by atoms with Gasteiger partial charge >= 0.3 is 6.18 Å². The summed E-state index contributed by atoms with van der Waals surface area (Å²) in [6, 6.07) is 1.56. The standard InChI is InChI=1S/C15H11F4NO4/c16-7-2-1-6(15(17,18)19)5-8(7)20-13(21)11-9-3-4-10(24-9)12(11)14(22)23/h1-5,9-12H,(H,20,21)(H,22,23)/p-1/t9-,10+,11-,12-/m0/s1. The van der Waals surface area contributed by atoms with Gasteiger partial charge in [0.1, 0.15) is 5.82 Å². The van der Waals surface area contributed by atoms with Crippen LogP contribution in [-0.4, -0.2) is 24.1 Å². The number of aliphatic carboxylic acids is 1. The molecule has 2 aliphatic heterocycles. The van der Waals surface area contributed by atoms with Crippen molar-refractivity contribution in [2.24, 2.45) is 11.8 Å².